The van der Waals surface area contributed by atoms with Crippen LogP contribution in [0.15, 0.2) is 71.6 Å². The number of aromatic nitrogens is 1. The average Bonchev–Trinajstić information content (AvgIpc) is 3.34. The summed E-state index contributed by atoms with van der Waals surface area (Å²) in [6.45, 7) is 1.58. The van der Waals surface area contributed by atoms with Gasteiger partial charge in [-0.15, -0.1) is 0 Å². The Morgan fingerprint density at radius 3 is 2.62 bits per heavy atom. The Bertz CT molecular complexity index is 1040. The number of nitrogens with one attached hydrogen (secondary N) is 2. The van der Waals surface area contributed by atoms with Gasteiger partial charge in [-0.2, -0.15) is 0 Å². The van der Waals surface area contributed by atoms with Gasteiger partial charge in [0.2, 0.25) is 0 Å². The number of anilines is 1. The van der Waals surface area contributed by atoms with Crippen molar-refractivity contribution in [2.45, 2.75) is 19.4 Å². The van der Waals surface area contributed by atoms with Crippen molar-refractivity contribution in [3.8, 4) is 5.75 Å². The van der Waals surface area contributed by atoms with Crippen LogP contribution in [0.2, 0.25) is 0 Å². The summed E-state index contributed by atoms with van der Waals surface area (Å²) in [5, 5.41) is 5.33. The number of esters is 1. The zero-order valence-corrected chi connectivity index (χ0v) is 17.4. The lowest BCUT2D eigenvalue weighted by Crippen LogP contribution is -2.45. The van der Waals surface area contributed by atoms with Crippen molar-refractivity contribution in [2.24, 2.45) is 0 Å². The van der Waals surface area contributed by atoms with Gasteiger partial charge >= 0.3 is 5.97 Å². The number of furan rings is 1. The molecule has 32 heavy (non-hydrogen) atoms. The van der Waals surface area contributed by atoms with Gasteiger partial charge in [-0.05, 0) is 48.9 Å². The number of carbonyl (C=O) groups is 3. The van der Waals surface area contributed by atoms with Gasteiger partial charge < -0.3 is 24.5 Å². The van der Waals surface area contributed by atoms with Gasteiger partial charge in [0.1, 0.15) is 11.8 Å². The van der Waals surface area contributed by atoms with Gasteiger partial charge in [0.05, 0.1) is 12.9 Å². The predicted molar refractivity (Wildman–Crippen MR) is 115 cm³/mol. The molecule has 2 heterocycles. The molecule has 2 amide bonds. The van der Waals surface area contributed by atoms with Crippen LogP contribution in [0.1, 0.15) is 23.0 Å². The van der Waals surface area contributed by atoms with Crippen LogP contribution in [0.25, 0.3) is 0 Å². The van der Waals surface area contributed by atoms with E-state index in [0.29, 0.717) is 11.4 Å². The van der Waals surface area contributed by atoms with E-state index in [1.54, 1.807) is 67.8 Å². The molecule has 0 aliphatic rings. The first-order chi connectivity index (χ1) is 15.5. The molecule has 0 saturated carbocycles. The normalized spacial score (nSPS) is 11.3. The van der Waals surface area contributed by atoms with Crippen molar-refractivity contribution in [3.05, 3.63) is 78.5 Å². The largest absolute Gasteiger partial charge is 0.484 e. The molecule has 1 atom stereocenters. The fourth-order valence-electron chi connectivity index (χ4n) is 2.84. The molecule has 2 aromatic heterocycles. The highest BCUT2D eigenvalue weighted by molar-refractivity contribution is 6.02. The number of hydrogen-bond donors (Lipinski definition) is 2. The first kappa shape index (κ1) is 22.5. The molecule has 0 fully saturated rings. The standard InChI is InChI=1S/C23H23N3O6/c1-2-30-23(29)19(13-16-8-10-24-11-9-16)26-21(27)15-32-18-6-3-5-17(14-18)25-22(28)20-7-4-12-31-20/h3-12,14,19H,2,13,15H2,1H3,(H,25,28)(H,26,27)/t19-/m0/s1. The van der Waals surface area contributed by atoms with Gasteiger partial charge in [-0.3, -0.25) is 14.6 Å². The van der Waals surface area contributed by atoms with E-state index in [-0.39, 0.29) is 25.4 Å². The quantitative estimate of drug-likeness (QED) is 0.468. The number of pyridine rings is 1. The van der Waals surface area contributed by atoms with E-state index in [9.17, 15) is 14.4 Å². The molecule has 2 N–H and O–H groups in total. The van der Waals surface area contributed by atoms with Crippen LogP contribution in [0, 0.1) is 0 Å². The Balaban J connectivity index is 1.56. The smallest absolute Gasteiger partial charge is 0.328 e. The van der Waals surface area contributed by atoms with E-state index in [2.05, 4.69) is 15.6 Å². The third kappa shape index (κ3) is 6.69. The van der Waals surface area contributed by atoms with Crippen molar-refractivity contribution < 1.29 is 28.3 Å². The maximum atomic E-state index is 12.4. The summed E-state index contributed by atoms with van der Waals surface area (Å²) >= 11 is 0. The van der Waals surface area contributed by atoms with Crippen LogP contribution in [-0.2, 0) is 20.7 Å². The summed E-state index contributed by atoms with van der Waals surface area (Å²) < 4.78 is 15.6. The lowest BCUT2D eigenvalue weighted by atomic mass is 10.1. The second kappa shape index (κ2) is 11.3. The maximum Gasteiger partial charge on any atom is 0.328 e. The lowest BCUT2D eigenvalue weighted by Gasteiger charge is -2.17. The van der Waals surface area contributed by atoms with E-state index >= 15 is 0 Å². The van der Waals surface area contributed by atoms with Gasteiger partial charge in [0, 0.05) is 30.6 Å². The lowest BCUT2D eigenvalue weighted by molar-refractivity contribution is -0.147. The SMILES string of the molecule is CCOC(=O)[C@H](Cc1ccncc1)NC(=O)COc1cccc(NC(=O)c2ccco2)c1. The Hall–Kier alpha value is -4.14. The molecule has 0 aliphatic heterocycles. The Morgan fingerprint density at radius 2 is 1.91 bits per heavy atom. The Labute approximate surface area is 184 Å². The minimum Gasteiger partial charge on any atom is -0.484 e. The van der Waals surface area contributed by atoms with Crippen LogP contribution in [0.3, 0.4) is 0 Å². The minimum atomic E-state index is -0.854. The van der Waals surface area contributed by atoms with E-state index in [4.69, 9.17) is 13.9 Å². The zero-order valence-electron chi connectivity index (χ0n) is 17.4. The molecule has 3 rings (SSSR count). The average molecular weight is 437 g/mol. The molecule has 0 bridgehead atoms. The van der Waals surface area contributed by atoms with Crippen LogP contribution < -0.4 is 15.4 Å². The van der Waals surface area contributed by atoms with Gasteiger partial charge in [0.15, 0.2) is 12.4 Å². The number of benzene rings is 1. The molecule has 0 radical (unpaired) electrons. The number of hydrogen-bond acceptors (Lipinski definition) is 7. The van der Waals surface area contributed by atoms with Crippen molar-refractivity contribution >= 4 is 23.5 Å². The number of ether oxygens (including phenoxy) is 2. The fraction of sp³-hybridized carbons (Fsp3) is 0.217. The highest BCUT2D eigenvalue weighted by Gasteiger charge is 2.22. The third-order valence-corrected chi connectivity index (χ3v) is 4.30. The summed E-state index contributed by atoms with van der Waals surface area (Å²) in [4.78, 5) is 40.7. The summed E-state index contributed by atoms with van der Waals surface area (Å²) in [6.07, 6.45) is 4.90. The predicted octanol–water partition coefficient (Wildman–Crippen LogP) is 2.60. The first-order valence-corrected chi connectivity index (χ1v) is 9.97. The van der Waals surface area contributed by atoms with Gasteiger partial charge in [-0.1, -0.05) is 6.07 Å². The fourth-order valence-corrected chi connectivity index (χ4v) is 2.84. The number of nitrogens with zero attached hydrogens (tertiary/aromatic N) is 1. The van der Waals surface area contributed by atoms with E-state index in [1.807, 2.05) is 0 Å². The Kier molecular flexibility index (Phi) is 7.96. The molecule has 9 heteroatoms. The second-order valence-corrected chi connectivity index (χ2v) is 6.68. The molecule has 166 valence electrons. The number of amides is 2. The minimum absolute atomic E-state index is 0.176. The molecule has 0 spiro atoms. The Morgan fingerprint density at radius 1 is 1.09 bits per heavy atom. The molecular formula is C23H23N3O6. The monoisotopic (exact) mass is 437 g/mol. The summed E-state index contributed by atoms with van der Waals surface area (Å²) in [5.41, 5.74) is 1.31. The topological polar surface area (TPSA) is 120 Å². The highest BCUT2D eigenvalue weighted by atomic mass is 16.5. The molecule has 3 aromatic rings. The highest BCUT2D eigenvalue weighted by Crippen LogP contribution is 2.18. The first-order valence-electron chi connectivity index (χ1n) is 9.97. The second-order valence-electron chi connectivity index (χ2n) is 6.68. The van der Waals surface area contributed by atoms with E-state index in [0.717, 1.165) is 5.56 Å². The number of carbonyl (C=O) groups excluding carboxylic acids is 3. The molecular weight excluding hydrogens is 414 g/mol. The van der Waals surface area contributed by atoms with Gasteiger partial charge in [-0.25, -0.2) is 4.79 Å². The van der Waals surface area contributed by atoms with Crippen LogP contribution in [-0.4, -0.2) is 42.0 Å². The van der Waals surface area contributed by atoms with E-state index in [1.165, 1.54) is 6.26 Å². The molecule has 9 nitrogen and oxygen atoms in total. The molecule has 0 aliphatic carbocycles. The summed E-state index contributed by atoms with van der Waals surface area (Å²) in [6, 6.07) is 12.4. The van der Waals surface area contributed by atoms with Crippen LogP contribution in [0.4, 0.5) is 5.69 Å². The van der Waals surface area contributed by atoms with Crippen molar-refractivity contribution in [2.75, 3.05) is 18.5 Å². The molecule has 1 aromatic carbocycles. The van der Waals surface area contributed by atoms with Gasteiger partial charge in [0.25, 0.3) is 11.8 Å². The summed E-state index contributed by atoms with van der Waals surface area (Å²) in [7, 11) is 0. The van der Waals surface area contributed by atoms with Crippen molar-refractivity contribution in [3.63, 3.8) is 0 Å². The van der Waals surface area contributed by atoms with Crippen molar-refractivity contribution in [1.82, 2.24) is 10.3 Å². The van der Waals surface area contributed by atoms with Crippen LogP contribution in [0.5, 0.6) is 5.75 Å². The third-order valence-electron chi connectivity index (χ3n) is 4.30. The summed E-state index contributed by atoms with van der Waals surface area (Å²) in [5.74, 6) is -0.866. The number of rotatable bonds is 10. The molecule has 0 saturated heterocycles. The van der Waals surface area contributed by atoms with Crippen molar-refractivity contribution in [1.29, 1.82) is 0 Å². The molecule has 0 unspecified atom stereocenters. The maximum absolute atomic E-state index is 12.4. The van der Waals surface area contributed by atoms with E-state index < -0.39 is 23.8 Å². The van der Waals surface area contributed by atoms with Crippen LogP contribution >= 0.6 is 0 Å². The zero-order chi connectivity index (χ0) is 22.8.